The summed E-state index contributed by atoms with van der Waals surface area (Å²) in [6, 6.07) is 7.92. The lowest BCUT2D eigenvalue weighted by Crippen LogP contribution is -2.29. The molecule has 9 heteroatoms. The average molecular weight is 467 g/mol. The third-order valence-electron chi connectivity index (χ3n) is 6.52. The van der Waals surface area contributed by atoms with Gasteiger partial charge in [0.15, 0.2) is 0 Å². The molecule has 6 heterocycles. The van der Waals surface area contributed by atoms with E-state index in [0.29, 0.717) is 12.1 Å². The first kappa shape index (κ1) is 21.3. The van der Waals surface area contributed by atoms with Crippen molar-refractivity contribution in [1.29, 1.82) is 0 Å². The van der Waals surface area contributed by atoms with Crippen LogP contribution in [0.4, 0.5) is 11.4 Å². The molecule has 3 N–H and O–H groups in total. The smallest absolute Gasteiger partial charge is 0.224 e. The fraction of sp³-hybridized carbons (Fsp3) is 0.269. The molecule has 5 aromatic rings. The maximum absolute atomic E-state index is 11.8. The van der Waals surface area contributed by atoms with E-state index in [9.17, 15) is 4.79 Å². The number of fused-ring (bicyclic) bond motifs is 2. The SMILES string of the molecule is CCC(=O)Nc1cncc(-c2ccc3[nH]nc(-c4cc5c(N6CCCCC6)cncc5[nH]4)c3n2)c1. The highest BCUT2D eigenvalue weighted by Crippen LogP contribution is 2.34. The maximum Gasteiger partial charge on any atom is 0.224 e. The topological polar surface area (TPSA) is 115 Å². The summed E-state index contributed by atoms with van der Waals surface area (Å²) < 4.78 is 0. The summed E-state index contributed by atoms with van der Waals surface area (Å²) in [4.78, 5) is 31.4. The lowest BCUT2D eigenvalue weighted by molar-refractivity contribution is -0.115. The van der Waals surface area contributed by atoms with Gasteiger partial charge in [-0.25, -0.2) is 4.98 Å². The van der Waals surface area contributed by atoms with Gasteiger partial charge in [-0.3, -0.25) is 19.9 Å². The van der Waals surface area contributed by atoms with Crippen LogP contribution in [0, 0.1) is 0 Å². The standard InChI is InChI=1S/C26H26N8O/c1-2-24(35)29-17-10-16(12-27-13-17)19-6-7-20-25(31-19)26(33-32-20)21-11-18-22(30-21)14-28-15-23(18)34-8-4-3-5-9-34/h6-7,10-15,30H,2-5,8-9H2,1H3,(H,29,35)(H,32,33). The quantitative estimate of drug-likeness (QED) is 0.339. The predicted octanol–water partition coefficient (Wildman–Crippen LogP) is 4.90. The zero-order valence-electron chi connectivity index (χ0n) is 19.5. The minimum absolute atomic E-state index is 0.0540. The van der Waals surface area contributed by atoms with Gasteiger partial charge in [0.05, 0.1) is 52.4 Å². The second-order valence-electron chi connectivity index (χ2n) is 8.88. The van der Waals surface area contributed by atoms with E-state index in [1.807, 2.05) is 37.5 Å². The molecule has 0 unspecified atom stereocenters. The van der Waals surface area contributed by atoms with Crippen LogP contribution in [-0.2, 0) is 4.79 Å². The molecule has 176 valence electrons. The zero-order valence-corrected chi connectivity index (χ0v) is 19.5. The van der Waals surface area contributed by atoms with Gasteiger partial charge in [-0.2, -0.15) is 5.10 Å². The highest BCUT2D eigenvalue weighted by molar-refractivity contribution is 5.98. The Morgan fingerprint density at radius 1 is 1.03 bits per heavy atom. The highest BCUT2D eigenvalue weighted by atomic mass is 16.1. The molecule has 1 saturated heterocycles. The maximum atomic E-state index is 11.8. The zero-order chi connectivity index (χ0) is 23.8. The number of piperidine rings is 1. The normalized spacial score (nSPS) is 14.0. The number of rotatable bonds is 5. The van der Waals surface area contributed by atoms with Gasteiger partial charge in [0.2, 0.25) is 5.91 Å². The van der Waals surface area contributed by atoms with Crippen molar-refractivity contribution in [2.75, 3.05) is 23.3 Å². The Bertz CT molecular complexity index is 1530. The summed E-state index contributed by atoms with van der Waals surface area (Å²) in [5.74, 6) is -0.0540. The molecule has 9 nitrogen and oxygen atoms in total. The van der Waals surface area contributed by atoms with Crippen molar-refractivity contribution >= 4 is 39.2 Å². The van der Waals surface area contributed by atoms with E-state index < -0.39 is 0 Å². The number of carbonyl (C=O) groups excluding carboxylic acids is 1. The van der Waals surface area contributed by atoms with Crippen LogP contribution >= 0.6 is 0 Å². The van der Waals surface area contributed by atoms with E-state index in [-0.39, 0.29) is 5.91 Å². The molecule has 0 saturated carbocycles. The second-order valence-corrected chi connectivity index (χ2v) is 8.88. The number of nitrogens with one attached hydrogen (secondary N) is 3. The van der Waals surface area contributed by atoms with E-state index in [4.69, 9.17) is 4.98 Å². The van der Waals surface area contributed by atoms with E-state index in [0.717, 1.165) is 63.4 Å². The first-order chi connectivity index (χ1) is 17.2. The van der Waals surface area contributed by atoms with Crippen molar-refractivity contribution in [3.05, 3.63) is 49.1 Å². The van der Waals surface area contributed by atoms with Crippen LogP contribution in [0.5, 0.6) is 0 Å². The summed E-state index contributed by atoms with van der Waals surface area (Å²) in [5.41, 5.74) is 7.64. The molecule has 0 radical (unpaired) electrons. The number of H-pyrrole nitrogens is 2. The fourth-order valence-corrected chi connectivity index (χ4v) is 4.70. The van der Waals surface area contributed by atoms with E-state index in [1.165, 1.54) is 19.3 Å². The summed E-state index contributed by atoms with van der Waals surface area (Å²) in [6.07, 6.45) is 11.3. The number of hydrogen-bond acceptors (Lipinski definition) is 6. The Kier molecular flexibility index (Phi) is 5.36. The lowest BCUT2D eigenvalue weighted by atomic mass is 10.1. The number of hydrogen-bond donors (Lipinski definition) is 3. The van der Waals surface area contributed by atoms with Gasteiger partial charge in [0.1, 0.15) is 11.2 Å². The molecule has 1 fully saturated rings. The molecule has 0 spiro atoms. The van der Waals surface area contributed by atoms with Gasteiger partial charge in [0.25, 0.3) is 0 Å². The Balaban J connectivity index is 1.39. The van der Waals surface area contributed by atoms with Crippen molar-refractivity contribution < 1.29 is 4.79 Å². The minimum atomic E-state index is -0.0540. The summed E-state index contributed by atoms with van der Waals surface area (Å²) in [6.45, 7) is 3.94. The number of amides is 1. The van der Waals surface area contributed by atoms with Crippen LogP contribution in [0.15, 0.2) is 49.1 Å². The molecular weight excluding hydrogens is 440 g/mol. The largest absolute Gasteiger partial charge is 0.370 e. The Morgan fingerprint density at radius 2 is 1.89 bits per heavy atom. The van der Waals surface area contributed by atoms with Gasteiger partial charge >= 0.3 is 0 Å². The molecular formula is C26H26N8O. The van der Waals surface area contributed by atoms with Gasteiger partial charge < -0.3 is 15.2 Å². The molecule has 1 aliphatic rings. The summed E-state index contributed by atoms with van der Waals surface area (Å²) in [7, 11) is 0. The number of aromatic amines is 2. The summed E-state index contributed by atoms with van der Waals surface area (Å²) in [5, 5.41) is 11.7. The van der Waals surface area contributed by atoms with E-state index in [2.05, 4.69) is 41.4 Å². The van der Waals surface area contributed by atoms with Crippen molar-refractivity contribution in [3.8, 4) is 22.6 Å². The Hall–Kier alpha value is -4.27. The van der Waals surface area contributed by atoms with Crippen LogP contribution in [-0.4, -0.2) is 49.1 Å². The molecule has 0 aliphatic carbocycles. The molecule has 1 aliphatic heterocycles. The molecule has 6 rings (SSSR count). The van der Waals surface area contributed by atoms with Gasteiger partial charge in [-0.05, 0) is 43.5 Å². The Morgan fingerprint density at radius 3 is 2.74 bits per heavy atom. The van der Waals surface area contributed by atoms with Crippen molar-refractivity contribution in [2.24, 2.45) is 0 Å². The predicted molar refractivity (Wildman–Crippen MR) is 137 cm³/mol. The molecule has 1 amide bonds. The van der Waals surface area contributed by atoms with Crippen LogP contribution in [0.25, 0.3) is 44.6 Å². The average Bonchev–Trinajstić information content (AvgIpc) is 3.53. The van der Waals surface area contributed by atoms with Crippen LogP contribution in [0.3, 0.4) is 0 Å². The minimum Gasteiger partial charge on any atom is -0.370 e. The first-order valence-corrected chi connectivity index (χ1v) is 12.0. The summed E-state index contributed by atoms with van der Waals surface area (Å²) >= 11 is 0. The van der Waals surface area contributed by atoms with Crippen molar-refractivity contribution in [1.82, 2.24) is 30.1 Å². The van der Waals surface area contributed by atoms with Crippen LogP contribution in [0.2, 0.25) is 0 Å². The molecule has 0 atom stereocenters. The molecule has 0 bridgehead atoms. The molecule has 5 aromatic heterocycles. The Labute approximate surface area is 202 Å². The van der Waals surface area contributed by atoms with Crippen molar-refractivity contribution in [2.45, 2.75) is 32.6 Å². The number of aromatic nitrogens is 6. The third kappa shape index (κ3) is 3.99. The van der Waals surface area contributed by atoms with Gasteiger partial charge in [-0.15, -0.1) is 0 Å². The third-order valence-corrected chi connectivity index (χ3v) is 6.52. The van der Waals surface area contributed by atoms with E-state index >= 15 is 0 Å². The van der Waals surface area contributed by atoms with Crippen LogP contribution in [0.1, 0.15) is 32.6 Å². The van der Waals surface area contributed by atoms with Crippen molar-refractivity contribution in [3.63, 3.8) is 0 Å². The molecule has 0 aromatic carbocycles. The highest BCUT2D eigenvalue weighted by Gasteiger charge is 2.18. The molecule has 35 heavy (non-hydrogen) atoms. The number of anilines is 2. The van der Waals surface area contributed by atoms with Crippen LogP contribution < -0.4 is 10.2 Å². The second kappa shape index (κ2) is 8.83. The fourth-order valence-electron chi connectivity index (χ4n) is 4.70. The lowest BCUT2D eigenvalue weighted by Gasteiger charge is -2.28. The van der Waals surface area contributed by atoms with Gasteiger partial charge in [0, 0.05) is 36.7 Å². The number of pyridine rings is 3. The number of carbonyl (C=O) groups is 1. The van der Waals surface area contributed by atoms with Gasteiger partial charge in [-0.1, -0.05) is 6.92 Å². The first-order valence-electron chi connectivity index (χ1n) is 12.0. The number of nitrogens with zero attached hydrogens (tertiary/aromatic N) is 5. The monoisotopic (exact) mass is 466 g/mol. The van der Waals surface area contributed by atoms with E-state index in [1.54, 1.807) is 12.4 Å².